The molecule has 0 amide bonds. The molecule has 1 saturated heterocycles. The van der Waals surface area contributed by atoms with Crippen molar-refractivity contribution >= 4 is 0 Å². The highest BCUT2D eigenvalue weighted by Crippen LogP contribution is 2.14. The predicted molar refractivity (Wildman–Crippen MR) is 60.9 cm³/mol. The van der Waals surface area contributed by atoms with E-state index in [1.807, 2.05) is 13.8 Å². The van der Waals surface area contributed by atoms with Crippen molar-refractivity contribution in [3.05, 3.63) is 11.7 Å². The maximum absolute atomic E-state index is 5.93. The molecule has 1 aromatic rings. The summed E-state index contributed by atoms with van der Waals surface area (Å²) in [5.74, 6) is 1.79. The first-order chi connectivity index (χ1) is 7.65. The Morgan fingerprint density at radius 2 is 2.38 bits per heavy atom. The van der Waals surface area contributed by atoms with Crippen LogP contribution in [-0.2, 0) is 6.54 Å². The normalized spacial score (nSPS) is 22.9. The van der Waals surface area contributed by atoms with E-state index in [-0.39, 0.29) is 0 Å². The van der Waals surface area contributed by atoms with E-state index in [4.69, 9.17) is 10.3 Å². The molecule has 1 aromatic heterocycles. The van der Waals surface area contributed by atoms with E-state index in [0.717, 1.165) is 44.2 Å². The van der Waals surface area contributed by atoms with E-state index in [1.165, 1.54) is 0 Å². The second-order valence-electron chi connectivity index (χ2n) is 4.84. The van der Waals surface area contributed by atoms with E-state index in [9.17, 15) is 0 Å². The van der Waals surface area contributed by atoms with E-state index in [2.05, 4.69) is 15.0 Å². The number of hydrogen-bond donors (Lipinski definition) is 1. The zero-order chi connectivity index (χ0) is 11.5. The summed E-state index contributed by atoms with van der Waals surface area (Å²) in [6, 6.07) is 0.297. The summed E-state index contributed by atoms with van der Waals surface area (Å²) in [4.78, 5) is 6.66. The molecule has 0 aliphatic carbocycles. The summed E-state index contributed by atoms with van der Waals surface area (Å²) >= 11 is 0. The average molecular weight is 224 g/mol. The molecule has 0 unspecified atom stereocenters. The number of nitrogens with two attached hydrogens (primary N) is 1. The van der Waals surface area contributed by atoms with Crippen LogP contribution in [-0.4, -0.2) is 34.2 Å². The van der Waals surface area contributed by atoms with E-state index >= 15 is 0 Å². The Labute approximate surface area is 96.0 Å². The van der Waals surface area contributed by atoms with Crippen LogP contribution in [0, 0.1) is 0 Å². The van der Waals surface area contributed by atoms with Gasteiger partial charge >= 0.3 is 0 Å². The molecule has 2 N–H and O–H groups in total. The van der Waals surface area contributed by atoms with Gasteiger partial charge in [-0.05, 0) is 19.4 Å². The van der Waals surface area contributed by atoms with Crippen molar-refractivity contribution in [1.82, 2.24) is 15.0 Å². The molecule has 1 aliphatic heterocycles. The minimum Gasteiger partial charge on any atom is -0.339 e. The van der Waals surface area contributed by atoms with Crippen LogP contribution < -0.4 is 5.73 Å². The molecule has 2 rings (SSSR count). The van der Waals surface area contributed by atoms with Crippen LogP contribution in [0.5, 0.6) is 0 Å². The molecule has 0 spiro atoms. The summed E-state index contributed by atoms with van der Waals surface area (Å²) in [7, 11) is 0. The summed E-state index contributed by atoms with van der Waals surface area (Å²) < 4.78 is 5.18. The molecule has 1 fully saturated rings. The van der Waals surface area contributed by atoms with E-state index < -0.39 is 0 Å². The van der Waals surface area contributed by atoms with Gasteiger partial charge in [0.05, 0.1) is 6.54 Å². The van der Waals surface area contributed by atoms with Crippen LogP contribution >= 0.6 is 0 Å². The van der Waals surface area contributed by atoms with Crippen molar-refractivity contribution in [2.24, 2.45) is 5.73 Å². The van der Waals surface area contributed by atoms with Crippen LogP contribution in [0.15, 0.2) is 4.52 Å². The second kappa shape index (κ2) is 4.93. The lowest BCUT2D eigenvalue weighted by Crippen LogP contribution is -2.42. The molecule has 5 heteroatoms. The van der Waals surface area contributed by atoms with Gasteiger partial charge in [0.15, 0.2) is 5.82 Å². The molecule has 1 atom stereocenters. The fraction of sp³-hybridized carbons (Fsp3) is 0.818. The van der Waals surface area contributed by atoms with Gasteiger partial charge in [-0.15, -0.1) is 0 Å². The lowest BCUT2D eigenvalue weighted by atomic mass is 10.1. The summed E-state index contributed by atoms with van der Waals surface area (Å²) in [5.41, 5.74) is 5.93. The summed E-state index contributed by atoms with van der Waals surface area (Å²) in [6.07, 6.45) is 2.29. The first kappa shape index (κ1) is 11.5. The van der Waals surface area contributed by atoms with Crippen LogP contribution in [0.4, 0.5) is 0 Å². The Kier molecular flexibility index (Phi) is 3.56. The van der Waals surface area contributed by atoms with Gasteiger partial charge in [-0.1, -0.05) is 19.0 Å². The predicted octanol–water partition coefficient (Wildman–Crippen LogP) is 1.12. The largest absolute Gasteiger partial charge is 0.339 e. The molecule has 2 heterocycles. The molecule has 0 bridgehead atoms. The van der Waals surface area contributed by atoms with Crippen LogP contribution in [0.3, 0.4) is 0 Å². The van der Waals surface area contributed by atoms with E-state index in [0.29, 0.717) is 12.0 Å². The van der Waals surface area contributed by atoms with Crippen LogP contribution in [0.2, 0.25) is 0 Å². The van der Waals surface area contributed by atoms with Crippen molar-refractivity contribution in [3.63, 3.8) is 0 Å². The van der Waals surface area contributed by atoms with Crippen molar-refractivity contribution < 1.29 is 4.52 Å². The van der Waals surface area contributed by atoms with Crippen molar-refractivity contribution in [3.8, 4) is 0 Å². The van der Waals surface area contributed by atoms with Gasteiger partial charge in [-0.25, -0.2) is 0 Å². The van der Waals surface area contributed by atoms with Gasteiger partial charge in [-0.3, -0.25) is 4.90 Å². The number of aromatic nitrogens is 2. The maximum atomic E-state index is 5.93. The second-order valence-corrected chi connectivity index (χ2v) is 4.84. The smallest absolute Gasteiger partial charge is 0.229 e. The molecular formula is C11H20N4O. The zero-order valence-corrected chi connectivity index (χ0v) is 10.0. The highest BCUT2D eigenvalue weighted by Gasteiger charge is 2.19. The number of hydrogen-bond acceptors (Lipinski definition) is 5. The van der Waals surface area contributed by atoms with Gasteiger partial charge < -0.3 is 10.3 Å². The third-order valence-electron chi connectivity index (χ3n) is 2.88. The van der Waals surface area contributed by atoms with Gasteiger partial charge in [0.1, 0.15) is 0 Å². The van der Waals surface area contributed by atoms with Crippen molar-refractivity contribution in [1.29, 1.82) is 0 Å². The van der Waals surface area contributed by atoms with Gasteiger partial charge in [0.2, 0.25) is 5.89 Å². The molecule has 5 nitrogen and oxygen atoms in total. The number of nitrogens with zero attached hydrogens (tertiary/aromatic N) is 3. The first-order valence-electron chi connectivity index (χ1n) is 5.95. The average Bonchev–Trinajstić information content (AvgIpc) is 2.66. The Morgan fingerprint density at radius 3 is 3.00 bits per heavy atom. The lowest BCUT2D eigenvalue weighted by molar-refractivity contribution is 0.195. The molecule has 0 radical (unpaired) electrons. The lowest BCUT2D eigenvalue weighted by Gasteiger charge is -2.29. The van der Waals surface area contributed by atoms with Gasteiger partial charge in [0.25, 0.3) is 0 Å². The quantitative estimate of drug-likeness (QED) is 0.833. The minimum atomic E-state index is 0.296. The minimum absolute atomic E-state index is 0.296. The molecular weight excluding hydrogens is 204 g/mol. The highest BCUT2D eigenvalue weighted by molar-refractivity contribution is 4.91. The Hall–Kier alpha value is -0.940. The Morgan fingerprint density at radius 1 is 1.56 bits per heavy atom. The Bertz CT molecular complexity index is 336. The fourth-order valence-corrected chi connectivity index (χ4v) is 2.00. The highest BCUT2D eigenvalue weighted by atomic mass is 16.5. The number of rotatable bonds is 3. The van der Waals surface area contributed by atoms with Crippen molar-refractivity contribution in [2.45, 2.75) is 45.2 Å². The van der Waals surface area contributed by atoms with Gasteiger partial charge in [0, 0.05) is 18.5 Å². The Balaban J connectivity index is 1.92. The molecule has 0 aromatic carbocycles. The number of likely N-dealkylation sites (tertiary alicyclic amines) is 1. The van der Waals surface area contributed by atoms with Crippen molar-refractivity contribution in [2.75, 3.05) is 13.1 Å². The topological polar surface area (TPSA) is 68.2 Å². The number of piperidine rings is 1. The maximum Gasteiger partial charge on any atom is 0.229 e. The van der Waals surface area contributed by atoms with Gasteiger partial charge in [-0.2, -0.15) is 4.98 Å². The molecule has 0 saturated carbocycles. The van der Waals surface area contributed by atoms with E-state index in [1.54, 1.807) is 0 Å². The third-order valence-corrected chi connectivity index (χ3v) is 2.88. The standard InChI is InChI=1S/C11H20N4O/c1-8(2)11-13-10(14-16-11)7-15-5-3-4-9(12)6-15/h8-9H,3-7,12H2,1-2H3/t9-/m1/s1. The first-order valence-corrected chi connectivity index (χ1v) is 5.95. The monoisotopic (exact) mass is 224 g/mol. The summed E-state index contributed by atoms with van der Waals surface area (Å²) in [6.45, 7) is 6.87. The molecule has 1 aliphatic rings. The SMILES string of the molecule is CC(C)c1nc(CN2CCC[C@@H](N)C2)no1. The molecule has 90 valence electrons. The van der Waals surface area contributed by atoms with Crippen LogP contribution in [0.1, 0.15) is 44.3 Å². The zero-order valence-electron chi connectivity index (χ0n) is 10.0. The molecule has 16 heavy (non-hydrogen) atoms. The summed E-state index contributed by atoms with van der Waals surface area (Å²) in [5, 5.41) is 3.99. The van der Waals surface area contributed by atoms with Crippen LogP contribution in [0.25, 0.3) is 0 Å². The third kappa shape index (κ3) is 2.80. The fourth-order valence-electron chi connectivity index (χ4n) is 2.00.